The van der Waals surface area contributed by atoms with Crippen LogP contribution in [0.1, 0.15) is 18.7 Å². The summed E-state index contributed by atoms with van der Waals surface area (Å²) >= 11 is 9.33. The summed E-state index contributed by atoms with van der Waals surface area (Å²) in [6, 6.07) is 8.75. The molecule has 1 heterocycles. The second-order valence-corrected chi connectivity index (χ2v) is 5.35. The molecule has 1 aromatic carbocycles. The van der Waals surface area contributed by atoms with Crippen LogP contribution in [0.4, 0.5) is 0 Å². The van der Waals surface area contributed by atoms with Crippen LogP contribution in [-0.2, 0) is 0 Å². The lowest BCUT2D eigenvalue weighted by Gasteiger charge is -2.23. The minimum atomic E-state index is -0.275. The Labute approximate surface area is 125 Å². The van der Waals surface area contributed by atoms with Crippen LogP contribution in [0.2, 0.25) is 5.02 Å². The summed E-state index contributed by atoms with van der Waals surface area (Å²) in [5, 5.41) is 0.626. The van der Waals surface area contributed by atoms with E-state index in [2.05, 4.69) is 21.4 Å². The SMILES string of the molecule is CC(Oc1cccc(Cl)c1)C(NN)c1occc1Br. The lowest BCUT2D eigenvalue weighted by Crippen LogP contribution is -2.38. The van der Waals surface area contributed by atoms with Crippen LogP contribution in [0.15, 0.2) is 45.5 Å². The van der Waals surface area contributed by atoms with Gasteiger partial charge in [0.1, 0.15) is 23.7 Å². The fraction of sp³-hybridized carbons (Fsp3) is 0.231. The molecule has 0 saturated carbocycles. The minimum absolute atomic E-state index is 0.231. The molecular formula is C13H14BrClN2O2. The van der Waals surface area contributed by atoms with Crippen molar-refractivity contribution in [2.75, 3.05) is 0 Å². The Morgan fingerprint density at radius 1 is 1.42 bits per heavy atom. The quantitative estimate of drug-likeness (QED) is 0.641. The highest BCUT2D eigenvalue weighted by atomic mass is 79.9. The van der Waals surface area contributed by atoms with Gasteiger partial charge in [-0.1, -0.05) is 17.7 Å². The lowest BCUT2D eigenvalue weighted by atomic mass is 10.1. The number of hydrazine groups is 1. The maximum Gasteiger partial charge on any atom is 0.139 e. The van der Waals surface area contributed by atoms with Crippen molar-refractivity contribution >= 4 is 27.5 Å². The highest BCUT2D eigenvalue weighted by Gasteiger charge is 2.24. The van der Waals surface area contributed by atoms with E-state index in [1.165, 1.54) is 0 Å². The molecule has 19 heavy (non-hydrogen) atoms. The number of nitrogens with one attached hydrogen (secondary N) is 1. The molecular weight excluding hydrogens is 332 g/mol. The van der Waals surface area contributed by atoms with Crippen LogP contribution < -0.4 is 16.0 Å². The molecule has 2 unspecified atom stereocenters. The molecule has 2 atom stereocenters. The topological polar surface area (TPSA) is 60.4 Å². The van der Waals surface area contributed by atoms with E-state index in [0.29, 0.717) is 16.5 Å². The molecule has 0 aliphatic carbocycles. The highest BCUT2D eigenvalue weighted by molar-refractivity contribution is 9.10. The van der Waals surface area contributed by atoms with Gasteiger partial charge in [-0.2, -0.15) is 0 Å². The fourth-order valence-corrected chi connectivity index (χ4v) is 2.40. The Morgan fingerprint density at radius 2 is 2.21 bits per heavy atom. The summed E-state index contributed by atoms with van der Waals surface area (Å²) in [6.45, 7) is 1.90. The maximum absolute atomic E-state index is 5.92. The molecule has 0 fully saturated rings. The van der Waals surface area contributed by atoms with Crippen molar-refractivity contribution in [3.8, 4) is 5.75 Å². The zero-order valence-electron chi connectivity index (χ0n) is 10.3. The first-order valence-electron chi connectivity index (χ1n) is 5.73. The van der Waals surface area contributed by atoms with Gasteiger partial charge < -0.3 is 9.15 Å². The van der Waals surface area contributed by atoms with Gasteiger partial charge >= 0.3 is 0 Å². The van der Waals surface area contributed by atoms with Crippen LogP contribution in [-0.4, -0.2) is 6.10 Å². The third-order valence-electron chi connectivity index (χ3n) is 2.69. The normalized spacial score (nSPS) is 14.1. The van der Waals surface area contributed by atoms with Gasteiger partial charge in [0.2, 0.25) is 0 Å². The molecule has 4 nitrogen and oxygen atoms in total. The van der Waals surface area contributed by atoms with E-state index in [1.54, 1.807) is 18.4 Å². The van der Waals surface area contributed by atoms with Crippen molar-refractivity contribution < 1.29 is 9.15 Å². The van der Waals surface area contributed by atoms with Crippen LogP contribution in [0.3, 0.4) is 0 Å². The molecule has 3 N–H and O–H groups in total. The summed E-state index contributed by atoms with van der Waals surface area (Å²) in [5.41, 5.74) is 2.70. The molecule has 2 rings (SSSR count). The van der Waals surface area contributed by atoms with Gasteiger partial charge in [-0.25, -0.2) is 5.43 Å². The van der Waals surface area contributed by atoms with Gasteiger partial charge in [0.25, 0.3) is 0 Å². The summed E-state index contributed by atoms with van der Waals surface area (Å²) in [4.78, 5) is 0. The van der Waals surface area contributed by atoms with Gasteiger partial charge in [0, 0.05) is 5.02 Å². The van der Waals surface area contributed by atoms with Gasteiger partial charge in [0.15, 0.2) is 0 Å². The van der Waals surface area contributed by atoms with Crippen molar-refractivity contribution in [2.24, 2.45) is 5.84 Å². The Bertz CT molecular complexity index is 547. The first-order chi connectivity index (χ1) is 9.11. The number of ether oxygens (including phenoxy) is 1. The minimum Gasteiger partial charge on any atom is -0.489 e. The predicted molar refractivity (Wildman–Crippen MR) is 78.0 cm³/mol. The first-order valence-corrected chi connectivity index (χ1v) is 6.90. The van der Waals surface area contributed by atoms with Crippen molar-refractivity contribution in [2.45, 2.75) is 19.1 Å². The molecule has 0 aliphatic rings. The summed E-state index contributed by atoms with van der Waals surface area (Å²) in [5.74, 6) is 6.96. The summed E-state index contributed by atoms with van der Waals surface area (Å²) in [6.07, 6.45) is 1.36. The molecule has 0 aliphatic heterocycles. The monoisotopic (exact) mass is 344 g/mol. The van der Waals surface area contributed by atoms with E-state index in [-0.39, 0.29) is 12.1 Å². The van der Waals surface area contributed by atoms with Crippen LogP contribution in [0.5, 0.6) is 5.75 Å². The van der Waals surface area contributed by atoms with E-state index < -0.39 is 0 Å². The Hall–Kier alpha value is -1.01. The Balaban J connectivity index is 2.14. The third kappa shape index (κ3) is 3.51. The van der Waals surface area contributed by atoms with E-state index in [1.807, 2.05) is 25.1 Å². The average molecular weight is 346 g/mol. The molecule has 2 aromatic rings. The fourth-order valence-electron chi connectivity index (χ4n) is 1.77. The van der Waals surface area contributed by atoms with E-state index >= 15 is 0 Å². The molecule has 1 aromatic heterocycles. The summed E-state index contributed by atoms with van der Waals surface area (Å²) in [7, 11) is 0. The smallest absolute Gasteiger partial charge is 0.139 e. The number of nitrogens with two attached hydrogens (primary N) is 1. The van der Waals surface area contributed by atoms with E-state index in [0.717, 1.165) is 4.47 Å². The van der Waals surface area contributed by atoms with Crippen molar-refractivity contribution in [3.63, 3.8) is 0 Å². The molecule has 0 saturated heterocycles. The number of hydrogen-bond acceptors (Lipinski definition) is 4. The number of halogens is 2. The standard InChI is InChI=1S/C13H14BrClN2O2/c1-8(19-10-4-2-3-9(15)7-10)12(17-16)13-11(14)5-6-18-13/h2-8,12,17H,16H2,1H3. The average Bonchev–Trinajstić information content (AvgIpc) is 2.77. The van der Waals surface area contributed by atoms with Crippen molar-refractivity contribution in [1.29, 1.82) is 0 Å². The zero-order chi connectivity index (χ0) is 13.8. The highest BCUT2D eigenvalue weighted by Crippen LogP contribution is 2.29. The Morgan fingerprint density at radius 3 is 2.79 bits per heavy atom. The largest absolute Gasteiger partial charge is 0.489 e. The van der Waals surface area contributed by atoms with Crippen LogP contribution in [0.25, 0.3) is 0 Å². The van der Waals surface area contributed by atoms with E-state index in [4.69, 9.17) is 26.6 Å². The lowest BCUT2D eigenvalue weighted by molar-refractivity contribution is 0.157. The van der Waals surface area contributed by atoms with Gasteiger partial charge in [0.05, 0.1) is 10.7 Å². The molecule has 0 spiro atoms. The van der Waals surface area contributed by atoms with Gasteiger partial charge in [-0.15, -0.1) is 0 Å². The molecule has 102 valence electrons. The van der Waals surface area contributed by atoms with Gasteiger partial charge in [-0.3, -0.25) is 5.84 Å². The second kappa shape index (κ2) is 6.43. The van der Waals surface area contributed by atoms with Crippen LogP contribution in [0, 0.1) is 0 Å². The van der Waals surface area contributed by atoms with Crippen molar-refractivity contribution in [3.05, 3.63) is 51.9 Å². The molecule has 6 heteroatoms. The van der Waals surface area contributed by atoms with Gasteiger partial charge in [-0.05, 0) is 47.1 Å². The maximum atomic E-state index is 5.92. The van der Waals surface area contributed by atoms with Crippen LogP contribution >= 0.6 is 27.5 Å². The zero-order valence-corrected chi connectivity index (χ0v) is 12.6. The third-order valence-corrected chi connectivity index (χ3v) is 3.58. The molecule has 0 bridgehead atoms. The van der Waals surface area contributed by atoms with E-state index in [9.17, 15) is 0 Å². The summed E-state index contributed by atoms with van der Waals surface area (Å²) < 4.78 is 12.1. The van der Waals surface area contributed by atoms with Crippen molar-refractivity contribution in [1.82, 2.24) is 5.43 Å². The number of rotatable bonds is 5. The number of furan rings is 1. The predicted octanol–water partition coefficient (Wildman–Crippen LogP) is 3.67. The molecule has 0 radical (unpaired) electrons. The first kappa shape index (κ1) is 14.4. The number of benzene rings is 1. The number of hydrogen-bond donors (Lipinski definition) is 2. The molecule has 0 amide bonds. The Kier molecular flexibility index (Phi) is 4.87. The second-order valence-electron chi connectivity index (χ2n) is 4.06.